The number of benzene rings is 1. The van der Waals surface area contributed by atoms with Gasteiger partial charge in [0.1, 0.15) is 6.04 Å². The molecule has 1 aromatic carbocycles. The molecule has 3 atom stereocenters. The zero-order chi connectivity index (χ0) is 21.1. The minimum Gasteiger partial charge on any atom is -0.341 e. The van der Waals surface area contributed by atoms with Crippen molar-refractivity contribution in [3.63, 3.8) is 0 Å². The topological polar surface area (TPSA) is 86.4 Å². The highest BCUT2D eigenvalue weighted by molar-refractivity contribution is 5.94. The summed E-state index contributed by atoms with van der Waals surface area (Å²) >= 11 is 0. The van der Waals surface area contributed by atoms with E-state index < -0.39 is 0 Å². The molecule has 2 saturated heterocycles. The van der Waals surface area contributed by atoms with Gasteiger partial charge in [-0.1, -0.05) is 12.1 Å². The normalized spacial score (nSPS) is 23.9. The maximum absolute atomic E-state index is 13.1. The molecular formula is C23H29N5O2. The second-order valence-corrected chi connectivity index (χ2v) is 8.27. The molecule has 2 amide bonds. The summed E-state index contributed by atoms with van der Waals surface area (Å²) in [5.41, 5.74) is 10.5. The molecule has 3 heterocycles. The van der Waals surface area contributed by atoms with Crippen LogP contribution in [0, 0.1) is 19.8 Å². The van der Waals surface area contributed by atoms with E-state index in [2.05, 4.69) is 21.2 Å². The summed E-state index contributed by atoms with van der Waals surface area (Å²) < 4.78 is 0. The maximum Gasteiger partial charge on any atom is 0.241 e. The summed E-state index contributed by atoms with van der Waals surface area (Å²) in [5.74, 6) is -0.135. The van der Waals surface area contributed by atoms with Gasteiger partial charge in [0.2, 0.25) is 11.8 Å². The quantitative estimate of drug-likeness (QED) is 0.725. The number of piperidine rings is 1. The van der Waals surface area contributed by atoms with Crippen LogP contribution in [0.15, 0.2) is 42.7 Å². The molecular weight excluding hydrogens is 378 g/mol. The zero-order valence-electron chi connectivity index (χ0n) is 17.5. The van der Waals surface area contributed by atoms with Gasteiger partial charge in [0.25, 0.3) is 0 Å². The van der Waals surface area contributed by atoms with Crippen molar-refractivity contribution in [2.75, 3.05) is 18.4 Å². The number of nitrogens with zero attached hydrogens (tertiary/aromatic N) is 2. The van der Waals surface area contributed by atoms with Gasteiger partial charge < -0.3 is 10.2 Å². The highest BCUT2D eigenvalue weighted by atomic mass is 16.2. The predicted molar refractivity (Wildman–Crippen MR) is 116 cm³/mol. The second-order valence-electron chi connectivity index (χ2n) is 8.27. The molecule has 0 aliphatic carbocycles. The average molecular weight is 408 g/mol. The minimum absolute atomic E-state index is 0.00614. The summed E-state index contributed by atoms with van der Waals surface area (Å²) in [7, 11) is 0. The molecule has 0 radical (unpaired) electrons. The van der Waals surface area contributed by atoms with Crippen molar-refractivity contribution in [3.05, 3.63) is 59.4 Å². The van der Waals surface area contributed by atoms with Crippen molar-refractivity contribution in [1.82, 2.24) is 20.7 Å². The molecule has 30 heavy (non-hydrogen) atoms. The number of anilines is 1. The fourth-order valence-electron chi connectivity index (χ4n) is 4.27. The Hall–Kier alpha value is -2.77. The number of carbonyl (C=O) groups is 2. The van der Waals surface area contributed by atoms with Gasteiger partial charge in [-0.15, -0.1) is 0 Å². The molecule has 0 spiro atoms. The van der Waals surface area contributed by atoms with Crippen LogP contribution >= 0.6 is 0 Å². The van der Waals surface area contributed by atoms with E-state index in [4.69, 9.17) is 0 Å². The van der Waals surface area contributed by atoms with Gasteiger partial charge in [-0.25, -0.2) is 10.9 Å². The van der Waals surface area contributed by atoms with Crippen LogP contribution < -0.4 is 16.2 Å². The van der Waals surface area contributed by atoms with E-state index in [1.807, 2.05) is 49.1 Å². The van der Waals surface area contributed by atoms with E-state index in [0.717, 1.165) is 35.2 Å². The molecule has 7 heteroatoms. The molecule has 4 rings (SSSR count). The van der Waals surface area contributed by atoms with E-state index in [9.17, 15) is 9.59 Å². The molecule has 2 fully saturated rings. The van der Waals surface area contributed by atoms with Crippen LogP contribution in [0.4, 0.5) is 5.69 Å². The SMILES string of the molecule is Cc1cccc(NC(=O)C2CCCN(C(=O)C3CC(c4ccncc4)NN3)C2)c1C. The van der Waals surface area contributed by atoms with Gasteiger partial charge in [0, 0.05) is 37.2 Å². The van der Waals surface area contributed by atoms with Crippen LogP contribution in [0.5, 0.6) is 0 Å². The van der Waals surface area contributed by atoms with Crippen LogP contribution in [-0.2, 0) is 9.59 Å². The van der Waals surface area contributed by atoms with Crippen LogP contribution in [-0.4, -0.2) is 40.8 Å². The lowest BCUT2D eigenvalue weighted by Gasteiger charge is -2.33. The largest absolute Gasteiger partial charge is 0.341 e. The molecule has 1 aromatic heterocycles. The number of rotatable bonds is 4. The third-order valence-electron chi connectivity index (χ3n) is 6.28. The third-order valence-corrected chi connectivity index (χ3v) is 6.28. The maximum atomic E-state index is 13.1. The molecule has 0 bridgehead atoms. The standard InChI is InChI=1S/C23H29N5O2/c1-15-5-3-7-19(16(15)2)25-22(29)18-6-4-12-28(14-18)23(30)21-13-20(26-27-21)17-8-10-24-11-9-17/h3,5,7-11,18,20-21,26-27H,4,6,12-14H2,1-2H3,(H,25,29). The van der Waals surface area contributed by atoms with Crippen molar-refractivity contribution in [2.45, 2.75) is 45.2 Å². The smallest absolute Gasteiger partial charge is 0.241 e. The molecule has 3 unspecified atom stereocenters. The molecule has 2 aromatic rings. The van der Waals surface area contributed by atoms with Gasteiger partial charge >= 0.3 is 0 Å². The lowest BCUT2D eigenvalue weighted by Crippen LogP contribution is -2.50. The highest BCUT2D eigenvalue weighted by Crippen LogP contribution is 2.26. The van der Waals surface area contributed by atoms with E-state index in [1.165, 1.54) is 0 Å². The number of likely N-dealkylation sites (tertiary alicyclic amines) is 1. The molecule has 7 nitrogen and oxygen atoms in total. The Kier molecular flexibility index (Phi) is 6.11. The number of carbonyl (C=O) groups excluding carboxylic acids is 2. The predicted octanol–water partition coefficient (Wildman–Crippen LogP) is 2.48. The second kappa shape index (κ2) is 8.93. The lowest BCUT2D eigenvalue weighted by molar-refractivity contribution is -0.136. The molecule has 158 valence electrons. The summed E-state index contributed by atoms with van der Waals surface area (Å²) in [6.07, 6.45) is 5.84. The number of amides is 2. The van der Waals surface area contributed by atoms with Crippen LogP contribution in [0.2, 0.25) is 0 Å². The third kappa shape index (κ3) is 4.37. The Morgan fingerprint density at radius 3 is 2.73 bits per heavy atom. The molecule has 2 aliphatic rings. The van der Waals surface area contributed by atoms with Gasteiger partial charge in [0.15, 0.2) is 0 Å². The minimum atomic E-state index is -0.288. The first kappa shape index (κ1) is 20.5. The van der Waals surface area contributed by atoms with Crippen LogP contribution in [0.25, 0.3) is 0 Å². The Morgan fingerprint density at radius 2 is 1.93 bits per heavy atom. The van der Waals surface area contributed by atoms with Crippen molar-refractivity contribution in [3.8, 4) is 0 Å². The Morgan fingerprint density at radius 1 is 1.13 bits per heavy atom. The summed E-state index contributed by atoms with van der Waals surface area (Å²) in [6.45, 7) is 5.21. The summed E-state index contributed by atoms with van der Waals surface area (Å²) in [4.78, 5) is 31.8. The Balaban J connectivity index is 1.36. The average Bonchev–Trinajstić information content (AvgIpc) is 3.27. The van der Waals surface area contributed by atoms with E-state index in [-0.39, 0.29) is 29.8 Å². The van der Waals surface area contributed by atoms with Crippen molar-refractivity contribution in [1.29, 1.82) is 0 Å². The van der Waals surface area contributed by atoms with Gasteiger partial charge in [0.05, 0.1) is 5.92 Å². The number of pyridine rings is 1. The first-order chi connectivity index (χ1) is 14.5. The number of hydrogen-bond donors (Lipinski definition) is 3. The van der Waals surface area contributed by atoms with Crippen LogP contribution in [0.1, 0.15) is 42.0 Å². The van der Waals surface area contributed by atoms with Gasteiger partial charge in [-0.05, 0) is 68.0 Å². The van der Waals surface area contributed by atoms with E-state index >= 15 is 0 Å². The van der Waals surface area contributed by atoms with E-state index in [0.29, 0.717) is 19.5 Å². The summed E-state index contributed by atoms with van der Waals surface area (Å²) in [5, 5.41) is 3.07. The van der Waals surface area contributed by atoms with Gasteiger partial charge in [-0.2, -0.15) is 0 Å². The summed E-state index contributed by atoms with van der Waals surface area (Å²) in [6, 6.07) is 9.63. The number of aromatic nitrogens is 1. The number of aryl methyl sites for hydroxylation is 1. The zero-order valence-corrected chi connectivity index (χ0v) is 17.5. The first-order valence-electron chi connectivity index (χ1n) is 10.6. The fraction of sp³-hybridized carbons (Fsp3) is 0.435. The fourth-order valence-corrected chi connectivity index (χ4v) is 4.27. The van der Waals surface area contributed by atoms with Crippen LogP contribution in [0.3, 0.4) is 0 Å². The molecule has 0 saturated carbocycles. The van der Waals surface area contributed by atoms with E-state index in [1.54, 1.807) is 12.4 Å². The highest BCUT2D eigenvalue weighted by Gasteiger charge is 2.36. The monoisotopic (exact) mass is 407 g/mol. The molecule has 2 aliphatic heterocycles. The number of hydrogen-bond acceptors (Lipinski definition) is 5. The van der Waals surface area contributed by atoms with Gasteiger partial charge in [-0.3, -0.25) is 14.6 Å². The molecule has 3 N–H and O–H groups in total. The number of hydrazine groups is 1. The Labute approximate surface area is 177 Å². The van der Waals surface area contributed by atoms with Crippen molar-refractivity contribution < 1.29 is 9.59 Å². The lowest BCUT2D eigenvalue weighted by atomic mass is 9.95. The Bertz CT molecular complexity index is 917. The van der Waals surface area contributed by atoms with Crippen molar-refractivity contribution >= 4 is 17.5 Å². The van der Waals surface area contributed by atoms with Crippen molar-refractivity contribution in [2.24, 2.45) is 5.92 Å². The number of nitrogens with one attached hydrogen (secondary N) is 3. The first-order valence-corrected chi connectivity index (χ1v) is 10.6.